The van der Waals surface area contributed by atoms with Crippen LogP contribution < -0.4 is 14.8 Å². The second kappa shape index (κ2) is 10.9. The van der Waals surface area contributed by atoms with Gasteiger partial charge in [-0.1, -0.05) is 17.3 Å². The van der Waals surface area contributed by atoms with Crippen molar-refractivity contribution in [3.63, 3.8) is 0 Å². The van der Waals surface area contributed by atoms with Crippen LogP contribution in [0.15, 0.2) is 77.3 Å². The predicted octanol–water partition coefficient (Wildman–Crippen LogP) is 4.39. The van der Waals surface area contributed by atoms with E-state index in [1.54, 1.807) is 18.7 Å². The molecule has 1 aliphatic heterocycles. The highest BCUT2D eigenvalue weighted by Crippen LogP contribution is 2.42. The van der Waals surface area contributed by atoms with E-state index in [1.165, 1.54) is 0 Å². The lowest BCUT2D eigenvalue weighted by Gasteiger charge is -2.34. The molecule has 0 saturated carbocycles. The summed E-state index contributed by atoms with van der Waals surface area (Å²) in [6.07, 6.45) is 3.87. The van der Waals surface area contributed by atoms with Crippen LogP contribution in [0.2, 0.25) is 0 Å². The number of carbonyl (C=O) groups is 2. The summed E-state index contributed by atoms with van der Waals surface area (Å²) in [4.78, 5) is 25.9. The number of hydrogen-bond acceptors (Lipinski definition) is 8. The molecule has 0 bridgehead atoms. The molecule has 3 aromatic rings. The summed E-state index contributed by atoms with van der Waals surface area (Å²) in [6.45, 7) is 4.14. The number of nitrogens with zero attached hydrogens (tertiary/aromatic N) is 3. The van der Waals surface area contributed by atoms with Crippen LogP contribution in [0.1, 0.15) is 50.3 Å². The van der Waals surface area contributed by atoms with Gasteiger partial charge in [-0.2, -0.15) is 0 Å². The van der Waals surface area contributed by atoms with Crippen molar-refractivity contribution in [3.05, 3.63) is 88.5 Å². The van der Waals surface area contributed by atoms with Crippen molar-refractivity contribution in [2.45, 2.75) is 45.6 Å². The van der Waals surface area contributed by atoms with Crippen molar-refractivity contribution >= 4 is 11.8 Å². The fourth-order valence-corrected chi connectivity index (χ4v) is 4.94. The molecule has 1 unspecified atom stereocenters. The highest BCUT2D eigenvalue weighted by Gasteiger charge is 2.39. The van der Waals surface area contributed by atoms with Gasteiger partial charge in [0.15, 0.2) is 5.78 Å². The van der Waals surface area contributed by atoms with E-state index in [1.807, 2.05) is 61.7 Å². The number of dihydropyridines is 1. The Hall–Kier alpha value is -4.40. The lowest BCUT2D eigenvalue weighted by atomic mass is 9.75. The molecule has 9 heteroatoms. The van der Waals surface area contributed by atoms with Crippen LogP contribution in [-0.2, 0) is 20.9 Å². The number of allylic oxidation sites excluding steroid dienone is 3. The van der Waals surface area contributed by atoms with Gasteiger partial charge < -0.3 is 19.5 Å². The summed E-state index contributed by atoms with van der Waals surface area (Å²) >= 11 is 0. The number of nitrogens with one attached hydrogen (secondary N) is 1. The van der Waals surface area contributed by atoms with E-state index >= 15 is 0 Å². The predicted molar refractivity (Wildman–Crippen MR) is 140 cm³/mol. The zero-order valence-electron chi connectivity index (χ0n) is 21.7. The van der Waals surface area contributed by atoms with Crippen molar-refractivity contribution in [1.29, 1.82) is 0 Å². The molecular formula is C29H30N4O5. The van der Waals surface area contributed by atoms with Gasteiger partial charge in [-0.15, -0.1) is 5.10 Å². The molecule has 5 rings (SSSR count). The maximum absolute atomic E-state index is 13.0. The molecule has 2 aliphatic rings. The van der Waals surface area contributed by atoms with E-state index in [2.05, 4.69) is 15.6 Å². The molecule has 0 amide bonds. The first-order valence-electron chi connectivity index (χ1n) is 12.7. The molecule has 0 fully saturated rings. The van der Waals surface area contributed by atoms with E-state index in [4.69, 9.17) is 14.2 Å². The minimum atomic E-state index is -0.475. The maximum Gasteiger partial charge on any atom is 0.336 e. The van der Waals surface area contributed by atoms with Crippen molar-refractivity contribution in [3.8, 4) is 17.2 Å². The van der Waals surface area contributed by atoms with Crippen molar-refractivity contribution < 1.29 is 23.8 Å². The van der Waals surface area contributed by atoms with Gasteiger partial charge in [0.2, 0.25) is 0 Å². The fourth-order valence-electron chi connectivity index (χ4n) is 4.94. The number of ether oxygens (including phenoxy) is 3. The Balaban J connectivity index is 1.34. The molecule has 0 spiro atoms. The van der Waals surface area contributed by atoms with E-state index < -0.39 is 11.9 Å². The van der Waals surface area contributed by atoms with E-state index in [9.17, 15) is 9.59 Å². The molecule has 9 nitrogen and oxygen atoms in total. The smallest absolute Gasteiger partial charge is 0.336 e. The minimum Gasteiger partial charge on any atom is -0.497 e. The van der Waals surface area contributed by atoms with Crippen molar-refractivity contribution in [2.75, 3.05) is 13.7 Å². The van der Waals surface area contributed by atoms with Crippen molar-refractivity contribution in [1.82, 2.24) is 20.3 Å². The number of carbonyl (C=O) groups excluding carboxylic acids is 2. The Morgan fingerprint density at radius 2 is 1.82 bits per heavy atom. The van der Waals surface area contributed by atoms with E-state index in [-0.39, 0.29) is 19.0 Å². The van der Waals surface area contributed by atoms with Crippen LogP contribution >= 0.6 is 0 Å². The summed E-state index contributed by atoms with van der Waals surface area (Å²) in [5, 5.41) is 11.7. The number of hydrogen-bond donors (Lipinski definition) is 1. The van der Waals surface area contributed by atoms with Crippen LogP contribution in [0.3, 0.4) is 0 Å². The largest absolute Gasteiger partial charge is 0.497 e. The van der Waals surface area contributed by atoms with Crippen LogP contribution in [-0.4, -0.2) is 40.5 Å². The first-order valence-corrected chi connectivity index (χ1v) is 12.7. The number of Topliss-reactive ketones (excluding diaryl/α,β-unsaturated/α-hetero) is 1. The number of rotatable bonds is 8. The van der Waals surface area contributed by atoms with Gasteiger partial charge in [0, 0.05) is 29.3 Å². The highest BCUT2D eigenvalue weighted by molar-refractivity contribution is 6.03. The molecule has 1 aliphatic carbocycles. The maximum atomic E-state index is 13.0. The molecule has 0 radical (unpaired) electrons. The van der Waals surface area contributed by atoms with Crippen molar-refractivity contribution in [2.24, 2.45) is 0 Å². The minimum absolute atomic E-state index is 0.0679. The number of ketones is 1. The number of aromatic nitrogens is 3. The summed E-state index contributed by atoms with van der Waals surface area (Å²) in [5.74, 6) is 0.595. The normalized spacial score (nSPS) is 17.1. The SMILES string of the molecule is CCOC(=O)C1=C(C)NC2=C(C(=O)CCC2)C1c1ccc(OCc2cn(-c3ccc(OC)cc3)nn2)cc1. The zero-order chi connectivity index (χ0) is 26.6. The molecule has 2 aromatic carbocycles. The fraction of sp³-hybridized carbons (Fsp3) is 0.310. The average molecular weight is 515 g/mol. The Labute approximate surface area is 221 Å². The number of methoxy groups -OCH3 is 1. The van der Waals surface area contributed by atoms with Gasteiger partial charge in [0.25, 0.3) is 0 Å². The molecule has 2 heterocycles. The number of benzene rings is 2. The van der Waals surface area contributed by atoms with Gasteiger partial charge in [-0.25, -0.2) is 9.48 Å². The van der Waals surface area contributed by atoms with E-state index in [0.29, 0.717) is 29.0 Å². The lowest BCUT2D eigenvalue weighted by molar-refractivity contribution is -0.138. The monoisotopic (exact) mass is 514 g/mol. The van der Waals surface area contributed by atoms with Crippen LogP contribution in [0.25, 0.3) is 5.69 Å². The molecule has 38 heavy (non-hydrogen) atoms. The topological polar surface area (TPSA) is 105 Å². The summed E-state index contributed by atoms with van der Waals surface area (Å²) < 4.78 is 18.2. The standard InChI is InChI=1S/C29H30N4O5/c1-4-37-29(35)26-18(2)30-24-6-5-7-25(34)28(24)27(26)19-8-12-23(13-9-19)38-17-20-16-33(32-31-20)21-10-14-22(36-3)15-11-21/h8-16,27,30H,4-7,17H2,1-3H3. The van der Waals surface area contributed by atoms with Gasteiger partial charge in [0.1, 0.15) is 23.8 Å². The third-order valence-electron chi connectivity index (χ3n) is 6.75. The summed E-state index contributed by atoms with van der Waals surface area (Å²) in [7, 11) is 1.62. The first-order chi connectivity index (χ1) is 18.5. The highest BCUT2D eigenvalue weighted by atomic mass is 16.5. The first kappa shape index (κ1) is 25.3. The molecule has 196 valence electrons. The number of esters is 1. The Morgan fingerprint density at radius 3 is 2.53 bits per heavy atom. The molecule has 0 saturated heterocycles. The zero-order valence-corrected chi connectivity index (χ0v) is 21.7. The Morgan fingerprint density at radius 1 is 1.08 bits per heavy atom. The van der Waals surface area contributed by atoms with Crippen LogP contribution in [0.5, 0.6) is 11.5 Å². The lowest BCUT2D eigenvalue weighted by Crippen LogP contribution is -2.34. The third kappa shape index (κ3) is 5.04. The molecule has 1 N–H and O–H groups in total. The second-order valence-electron chi connectivity index (χ2n) is 9.20. The van der Waals surface area contributed by atoms with Crippen LogP contribution in [0, 0.1) is 0 Å². The van der Waals surface area contributed by atoms with E-state index in [0.717, 1.165) is 41.2 Å². The van der Waals surface area contributed by atoms with Gasteiger partial charge in [-0.3, -0.25) is 4.79 Å². The second-order valence-corrected chi connectivity index (χ2v) is 9.20. The summed E-state index contributed by atoms with van der Waals surface area (Å²) in [5.41, 5.74) is 5.14. The summed E-state index contributed by atoms with van der Waals surface area (Å²) in [6, 6.07) is 15.0. The average Bonchev–Trinajstić information content (AvgIpc) is 3.41. The van der Waals surface area contributed by atoms with Gasteiger partial charge in [-0.05, 0) is 68.7 Å². The van der Waals surface area contributed by atoms with Gasteiger partial charge >= 0.3 is 5.97 Å². The Bertz CT molecular complexity index is 1400. The molecule has 1 aromatic heterocycles. The Kier molecular flexibility index (Phi) is 7.26. The molecular weight excluding hydrogens is 484 g/mol. The third-order valence-corrected chi connectivity index (χ3v) is 6.75. The molecule has 1 atom stereocenters. The quantitative estimate of drug-likeness (QED) is 0.442. The van der Waals surface area contributed by atoms with Gasteiger partial charge in [0.05, 0.1) is 31.2 Å². The van der Waals surface area contributed by atoms with Crippen LogP contribution in [0.4, 0.5) is 0 Å².